The summed E-state index contributed by atoms with van der Waals surface area (Å²) in [5, 5.41) is 9.68. The maximum Gasteiger partial charge on any atom is 0.247 e. The van der Waals surface area contributed by atoms with Crippen LogP contribution in [0.3, 0.4) is 0 Å². The van der Waals surface area contributed by atoms with Crippen LogP contribution in [0.5, 0.6) is 0 Å². The minimum Gasteiger partial charge on any atom is -0.394 e. The molecule has 0 aromatic heterocycles. The van der Waals surface area contributed by atoms with Crippen LogP contribution in [0.2, 0.25) is 0 Å². The number of anilines is 1. The third-order valence-electron chi connectivity index (χ3n) is 3.89. The first-order chi connectivity index (χ1) is 8.97. The van der Waals surface area contributed by atoms with Crippen molar-refractivity contribution in [3.8, 4) is 0 Å². The molecule has 4 nitrogen and oxygen atoms in total. The third kappa shape index (κ3) is 2.59. The van der Waals surface area contributed by atoms with Gasteiger partial charge in [-0.15, -0.1) is 0 Å². The molecule has 104 valence electrons. The van der Waals surface area contributed by atoms with Crippen LogP contribution in [0.15, 0.2) is 30.3 Å². The minimum atomic E-state index is -0.509. The predicted octanol–water partition coefficient (Wildman–Crippen LogP) is 1.49. The van der Waals surface area contributed by atoms with Gasteiger partial charge in [0.1, 0.15) is 6.04 Å². The van der Waals surface area contributed by atoms with E-state index in [-0.39, 0.29) is 18.1 Å². The molecule has 0 bridgehead atoms. The van der Waals surface area contributed by atoms with E-state index in [1.807, 2.05) is 30.3 Å². The summed E-state index contributed by atoms with van der Waals surface area (Å²) in [4.78, 5) is 16.1. The second-order valence-electron chi connectivity index (χ2n) is 5.73. The topological polar surface area (TPSA) is 43.8 Å². The number of rotatable bonds is 2. The van der Waals surface area contributed by atoms with Gasteiger partial charge < -0.3 is 14.9 Å². The molecule has 1 heterocycles. The molecule has 1 unspecified atom stereocenters. The summed E-state index contributed by atoms with van der Waals surface area (Å²) in [6.45, 7) is 4.79. The Bertz CT molecular complexity index is 445. The van der Waals surface area contributed by atoms with Gasteiger partial charge in [0.2, 0.25) is 5.91 Å². The van der Waals surface area contributed by atoms with Crippen molar-refractivity contribution in [2.75, 3.05) is 25.1 Å². The Labute approximate surface area is 114 Å². The quantitative estimate of drug-likeness (QED) is 0.878. The van der Waals surface area contributed by atoms with E-state index >= 15 is 0 Å². The molecule has 1 aromatic carbocycles. The number of para-hydroxylation sites is 1. The minimum absolute atomic E-state index is 0.0167. The van der Waals surface area contributed by atoms with Crippen LogP contribution in [0.4, 0.5) is 5.69 Å². The Morgan fingerprint density at radius 2 is 1.95 bits per heavy atom. The number of likely N-dealkylation sites (N-methyl/N-ethyl adjacent to an activating group) is 1. The number of aliphatic hydroxyl groups is 1. The van der Waals surface area contributed by atoms with Crippen molar-refractivity contribution in [2.45, 2.75) is 31.8 Å². The molecule has 19 heavy (non-hydrogen) atoms. The van der Waals surface area contributed by atoms with Crippen molar-refractivity contribution in [1.29, 1.82) is 0 Å². The average molecular weight is 262 g/mol. The second kappa shape index (κ2) is 5.21. The molecule has 2 rings (SSSR count). The molecule has 1 aliphatic heterocycles. The maximum absolute atomic E-state index is 12.4. The predicted molar refractivity (Wildman–Crippen MR) is 76.1 cm³/mol. The van der Waals surface area contributed by atoms with E-state index in [0.29, 0.717) is 6.54 Å². The Hall–Kier alpha value is -1.55. The molecule has 0 aliphatic carbocycles. The van der Waals surface area contributed by atoms with E-state index < -0.39 is 6.04 Å². The number of nitrogens with zero attached hydrogens (tertiary/aromatic N) is 2. The van der Waals surface area contributed by atoms with Gasteiger partial charge in [0.25, 0.3) is 0 Å². The maximum atomic E-state index is 12.4. The zero-order valence-electron chi connectivity index (χ0n) is 11.8. The fraction of sp³-hybridized carbons (Fsp3) is 0.533. The van der Waals surface area contributed by atoms with Crippen molar-refractivity contribution in [3.05, 3.63) is 30.3 Å². The summed E-state index contributed by atoms with van der Waals surface area (Å²) in [6.07, 6.45) is 0.876. The fourth-order valence-electron chi connectivity index (χ4n) is 2.74. The molecule has 1 fully saturated rings. The number of hydrogen-bond acceptors (Lipinski definition) is 3. The zero-order chi connectivity index (χ0) is 14.0. The van der Waals surface area contributed by atoms with Crippen LogP contribution >= 0.6 is 0 Å². The number of amides is 1. The van der Waals surface area contributed by atoms with E-state index in [1.54, 1.807) is 11.9 Å². The van der Waals surface area contributed by atoms with Gasteiger partial charge in [-0.25, -0.2) is 0 Å². The lowest BCUT2D eigenvalue weighted by molar-refractivity contribution is -0.131. The SMILES string of the molecule is CN1CCC(C)(C)N(c2ccccc2)C(CO)C1=O. The van der Waals surface area contributed by atoms with Crippen molar-refractivity contribution < 1.29 is 9.90 Å². The molecule has 1 amide bonds. The number of carbonyl (C=O) groups is 1. The lowest BCUT2D eigenvalue weighted by Crippen LogP contribution is -2.54. The highest BCUT2D eigenvalue weighted by Gasteiger charge is 2.40. The van der Waals surface area contributed by atoms with Gasteiger partial charge in [-0.2, -0.15) is 0 Å². The van der Waals surface area contributed by atoms with Gasteiger partial charge >= 0.3 is 0 Å². The Kier molecular flexibility index (Phi) is 3.80. The van der Waals surface area contributed by atoms with Crippen LogP contribution in [0, 0.1) is 0 Å². The van der Waals surface area contributed by atoms with Gasteiger partial charge in [0.15, 0.2) is 0 Å². The lowest BCUT2D eigenvalue weighted by Gasteiger charge is -2.42. The normalized spacial score (nSPS) is 23.4. The average Bonchev–Trinajstić information content (AvgIpc) is 2.49. The van der Waals surface area contributed by atoms with Gasteiger partial charge in [-0.3, -0.25) is 4.79 Å². The molecule has 1 aliphatic rings. The number of benzene rings is 1. The third-order valence-corrected chi connectivity index (χ3v) is 3.89. The smallest absolute Gasteiger partial charge is 0.247 e. The summed E-state index contributed by atoms with van der Waals surface area (Å²) < 4.78 is 0. The van der Waals surface area contributed by atoms with E-state index in [0.717, 1.165) is 12.1 Å². The van der Waals surface area contributed by atoms with Crippen molar-refractivity contribution in [3.63, 3.8) is 0 Å². The Balaban J connectivity index is 2.47. The van der Waals surface area contributed by atoms with Crippen LogP contribution in [-0.4, -0.2) is 47.7 Å². The number of hydrogen-bond donors (Lipinski definition) is 1. The summed E-state index contributed by atoms with van der Waals surface area (Å²) in [7, 11) is 1.80. The largest absolute Gasteiger partial charge is 0.394 e. The highest BCUT2D eigenvalue weighted by atomic mass is 16.3. The van der Waals surface area contributed by atoms with E-state index in [9.17, 15) is 9.90 Å². The highest BCUT2D eigenvalue weighted by Crippen LogP contribution is 2.31. The van der Waals surface area contributed by atoms with Crippen LogP contribution < -0.4 is 4.90 Å². The second-order valence-corrected chi connectivity index (χ2v) is 5.73. The van der Waals surface area contributed by atoms with E-state index in [2.05, 4.69) is 18.7 Å². The van der Waals surface area contributed by atoms with Gasteiger partial charge in [-0.05, 0) is 32.4 Å². The molecular formula is C15H22N2O2. The highest BCUT2D eigenvalue weighted by molar-refractivity contribution is 5.86. The molecule has 0 saturated carbocycles. The lowest BCUT2D eigenvalue weighted by atomic mass is 9.96. The molecule has 1 N–H and O–H groups in total. The molecule has 0 spiro atoms. The van der Waals surface area contributed by atoms with Gasteiger partial charge in [-0.1, -0.05) is 18.2 Å². The first-order valence-electron chi connectivity index (χ1n) is 6.67. The van der Waals surface area contributed by atoms with Crippen molar-refractivity contribution in [2.24, 2.45) is 0 Å². The molecule has 1 saturated heterocycles. The molecule has 1 atom stereocenters. The molecule has 1 aromatic rings. The molecular weight excluding hydrogens is 240 g/mol. The number of carbonyl (C=O) groups excluding carboxylic acids is 1. The number of aliphatic hydroxyl groups excluding tert-OH is 1. The zero-order valence-corrected chi connectivity index (χ0v) is 11.8. The summed E-state index contributed by atoms with van der Waals surface area (Å²) >= 11 is 0. The van der Waals surface area contributed by atoms with Crippen LogP contribution in [0.1, 0.15) is 20.3 Å². The Morgan fingerprint density at radius 1 is 1.32 bits per heavy atom. The van der Waals surface area contributed by atoms with E-state index in [1.165, 1.54) is 0 Å². The first-order valence-corrected chi connectivity index (χ1v) is 6.67. The van der Waals surface area contributed by atoms with Crippen molar-refractivity contribution in [1.82, 2.24) is 4.90 Å². The van der Waals surface area contributed by atoms with E-state index in [4.69, 9.17) is 0 Å². The van der Waals surface area contributed by atoms with Gasteiger partial charge in [0, 0.05) is 24.8 Å². The van der Waals surface area contributed by atoms with Gasteiger partial charge in [0.05, 0.1) is 6.61 Å². The summed E-state index contributed by atoms with van der Waals surface area (Å²) in [5.74, 6) is -0.0167. The van der Waals surface area contributed by atoms with Crippen LogP contribution in [-0.2, 0) is 4.79 Å². The fourth-order valence-corrected chi connectivity index (χ4v) is 2.74. The molecule has 4 heteroatoms. The van der Waals surface area contributed by atoms with Crippen LogP contribution in [0.25, 0.3) is 0 Å². The summed E-state index contributed by atoms with van der Waals surface area (Å²) in [5.41, 5.74) is 0.810. The summed E-state index contributed by atoms with van der Waals surface area (Å²) in [6, 6.07) is 9.34. The standard InChI is InChI=1S/C15H22N2O2/c1-15(2)9-10-16(3)14(19)13(11-18)17(15)12-7-5-4-6-8-12/h4-8,13,18H,9-11H2,1-3H3. The molecule has 0 radical (unpaired) electrons. The monoisotopic (exact) mass is 262 g/mol. The van der Waals surface area contributed by atoms with Crippen molar-refractivity contribution >= 4 is 11.6 Å². The Morgan fingerprint density at radius 3 is 2.53 bits per heavy atom. The first kappa shape index (κ1) is 13.9.